The van der Waals surface area contributed by atoms with Crippen LogP contribution in [0, 0.1) is 0 Å². The summed E-state index contributed by atoms with van der Waals surface area (Å²) in [4.78, 5) is 0. The summed E-state index contributed by atoms with van der Waals surface area (Å²) in [5.41, 5.74) is 0.838. The molecule has 0 heterocycles. The molecule has 0 aliphatic rings. The van der Waals surface area contributed by atoms with E-state index in [-0.39, 0.29) is 0 Å². The third-order valence-electron chi connectivity index (χ3n) is 1.81. The summed E-state index contributed by atoms with van der Waals surface area (Å²) >= 11 is 0. The molecule has 0 aromatic heterocycles. The molecular weight excluding hydrogens is 211 g/mol. The molecule has 1 atom stereocenters. The van der Waals surface area contributed by atoms with Crippen molar-refractivity contribution in [2.75, 3.05) is 13.2 Å². The Morgan fingerprint density at radius 2 is 1.67 bits per heavy atom. The third kappa shape index (κ3) is 3.88. The highest BCUT2D eigenvalue weighted by molar-refractivity contribution is 7.47. The third-order valence-corrected chi connectivity index (χ3v) is 3.53. The lowest BCUT2D eigenvalue weighted by atomic mass is 10.2. The Kier molecular flexibility index (Phi) is 5.81. The van der Waals surface area contributed by atoms with Crippen molar-refractivity contribution in [2.45, 2.75) is 19.7 Å². The van der Waals surface area contributed by atoms with E-state index < -0.39 is 14.2 Å². The smallest absolute Gasteiger partial charge is 0.206 e. The van der Waals surface area contributed by atoms with Crippen molar-refractivity contribution in [3.05, 3.63) is 35.9 Å². The van der Waals surface area contributed by atoms with Crippen molar-refractivity contribution in [3.8, 4) is 0 Å². The molecule has 0 saturated carbocycles. The van der Waals surface area contributed by atoms with Gasteiger partial charge in [-0.3, -0.25) is 0 Å². The second kappa shape index (κ2) is 6.91. The Morgan fingerprint density at radius 3 is 2.13 bits per heavy atom. The Labute approximate surface area is 92.0 Å². The van der Waals surface area contributed by atoms with E-state index in [4.69, 9.17) is 9.05 Å². The van der Waals surface area contributed by atoms with Crippen molar-refractivity contribution in [1.82, 2.24) is 0 Å². The Hall–Kier alpha value is -0.470. The molecule has 1 aromatic rings. The van der Waals surface area contributed by atoms with Gasteiger partial charge in [0.25, 0.3) is 0 Å². The lowest BCUT2D eigenvalue weighted by Crippen LogP contribution is -2.01. The molecule has 0 radical (unpaired) electrons. The number of benzene rings is 1. The minimum atomic E-state index is -1.24. The summed E-state index contributed by atoms with van der Waals surface area (Å²) in [5.74, 6) is -0.666. The summed E-state index contributed by atoms with van der Waals surface area (Å²) in [6.45, 7) is 4.89. The largest absolute Gasteiger partial charge is 0.379 e. The van der Waals surface area contributed by atoms with Crippen LogP contribution in [-0.2, 0) is 9.05 Å². The average Bonchev–Trinajstić information content (AvgIpc) is 2.29. The Bertz CT molecular complexity index is 260. The lowest BCUT2D eigenvalue weighted by Gasteiger charge is -2.21. The van der Waals surface area contributed by atoms with Crippen molar-refractivity contribution in [1.29, 1.82) is 0 Å². The molecule has 3 nitrogen and oxygen atoms in total. The summed E-state index contributed by atoms with van der Waals surface area (Å²) in [6.07, 6.45) is 0. The molecule has 1 unspecified atom stereocenters. The SMILES string of the molecule is CCOP(OCC)C(O)c1ccccc1. The molecule has 0 fully saturated rings. The highest BCUT2D eigenvalue weighted by atomic mass is 31.2. The first kappa shape index (κ1) is 12.6. The fourth-order valence-electron chi connectivity index (χ4n) is 1.18. The van der Waals surface area contributed by atoms with Crippen LogP contribution in [0.2, 0.25) is 0 Å². The minimum absolute atomic E-state index is 0.551. The van der Waals surface area contributed by atoms with Crippen LogP contribution >= 0.6 is 8.38 Å². The van der Waals surface area contributed by atoms with Gasteiger partial charge in [0.2, 0.25) is 8.38 Å². The van der Waals surface area contributed by atoms with Crippen molar-refractivity contribution in [3.63, 3.8) is 0 Å². The second-order valence-electron chi connectivity index (χ2n) is 2.91. The molecule has 0 aliphatic heterocycles. The van der Waals surface area contributed by atoms with Crippen molar-refractivity contribution in [2.24, 2.45) is 0 Å². The molecule has 1 rings (SSSR count). The normalized spacial score (nSPS) is 13.1. The molecule has 1 aromatic carbocycles. The van der Waals surface area contributed by atoms with E-state index in [0.717, 1.165) is 5.56 Å². The fraction of sp³-hybridized carbons (Fsp3) is 0.455. The molecule has 0 bridgehead atoms. The van der Waals surface area contributed by atoms with Gasteiger partial charge in [-0.1, -0.05) is 30.3 Å². The van der Waals surface area contributed by atoms with Gasteiger partial charge in [0.1, 0.15) is 5.85 Å². The zero-order valence-corrected chi connectivity index (χ0v) is 9.98. The molecule has 1 N–H and O–H groups in total. The molecule has 0 aliphatic carbocycles. The van der Waals surface area contributed by atoms with E-state index in [2.05, 4.69) is 0 Å². The molecule has 4 heteroatoms. The summed E-state index contributed by atoms with van der Waals surface area (Å²) in [6, 6.07) is 9.45. The monoisotopic (exact) mass is 228 g/mol. The molecule has 0 amide bonds. The van der Waals surface area contributed by atoms with E-state index >= 15 is 0 Å². The molecular formula is C11H17O3P. The summed E-state index contributed by atoms with van der Waals surface area (Å²) in [5, 5.41) is 10.0. The molecule has 84 valence electrons. The second-order valence-corrected chi connectivity index (χ2v) is 4.48. The van der Waals surface area contributed by atoms with Gasteiger partial charge >= 0.3 is 0 Å². The van der Waals surface area contributed by atoms with Crippen LogP contribution in [0.3, 0.4) is 0 Å². The lowest BCUT2D eigenvalue weighted by molar-refractivity contribution is 0.187. The first-order chi connectivity index (χ1) is 7.29. The average molecular weight is 228 g/mol. The van der Waals surface area contributed by atoms with E-state index in [1.807, 2.05) is 44.2 Å². The highest BCUT2D eigenvalue weighted by Crippen LogP contribution is 2.51. The number of aliphatic hydroxyl groups excluding tert-OH is 1. The number of aliphatic hydroxyl groups is 1. The predicted molar refractivity (Wildman–Crippen MR) is 61.6 cm³/mol. The maximum Gasteiger partial charge on any atom is 0.206 e. The van der Waals surface area contributed by atoms with Gasteiger partial charge in [-0.2, -0.15) is 0 Å². The first-order valence-electron chi connectivity index (χ1n) is 5.07. The number of hydrogen-bond acceptors (Lipinski definition) is 3. The van der Waals surface area contributed by atoms with Crippen LogP contribution in [0.4, 0.5) is 0 Å². The van der Waals surface area contributed by atoms with Gasteiger partial charge in [0.15, 0.2) is 0 Å². The van der Waals surface area contributed by atoms with Crippen LogP contribution in [0.15, 0.2) is 30.3 Å². The van der Waals surface area contributed by atoms with Gasteiger partial charge in [0.05, 0.1) is 13.2 Å². The summed E-state index contributed by atoms with van der Waals surface area (Å²) in [7, 11) is -1.24. The van der Waals surface area contributed by atoms with E-state index in [0.29, 0.717) is 13.2 Å². The van der Waals surface area contributed by atoms with Crippen molar-refractivity contribution >= 4 is 8.38 Å². The zero-order valence-electron chi connectivity index (χ0n) is 9.09. The predicted octanol–water partition coefficient (Wildman–Crippen LogP) is 3.06. The van der Waals surface area contributed by atoms with Crippen LogP contribution in [0.5, 0.6) is 0 Å². The number of rotatable bonds is 6. The first-order valence-corrected chi connectivity index (χ1v) is 6.32. The van der Waals surface area contributed by atoms with Gasteiger partial charge in [-0.15, -0.1) is 0 Å². The van der Waals surface area contributed by atoms with Crippen LogP contribution < -0.4 is 0 Å². The Balaban J connectivity index is 2.67. The van der Waals surface area contributed by atoms with E-state index in [9.17, 15) is 5.11 Å². The highest BCUT2D eigenvalue weighted by Gasteiger charge is 2.22. The maximum absolute atomic E-state index is 10.0. The maximum atomic E-state index is 10.0. The zero-order chi connectivity index (χ0) is 11.1. The quantitative estimate of drug-likeness (QED) is 0.760. The van der Waals surface area contributed by atoms with Crippen LogP contribution in [-0.4, -0.2) is 18.3 Å². The topological polar surface area (TPSA) is 38.7 Å². The molecule has 0 spiro atoms. The van der Waals surface area contributed by atoms with Crippen LogP contribution in [0.1, 0.15) is 25.3 Å². The summed E-state index contributed by atoms with van der Waals surface area (Å²) < 4.78 is 10.8. The fourth-order valence-corrected chi connectivity index (χ4v) is 2.46. The van der Waals surface area contributed by atoms with E-state index in [1.165, 1.54) is 0 Å². The van der Waals surface area contributed by atoms with Gasteiger partial charge in [-0.05, 0) is 19.4 Å². The minimum Gasteiger partial charge on any atom is -0.379 e. The standard InChI is InChI=1S/C11H17O3P/c1-3-13-15(14-4-2)11(12)10-8-6-5-7-9-10/h5-9,11-12H,3-4H2,1-2H3. The molecule has 0 saturated heterocycles. The molecule has 15 heavy (non-hydrogen) atoms. The van der Waals surface area contributed by atoms with Gasteiger partial charge < -0.3 is 14.2 Å². The van der Waals surface area contributed by atoms with E-state index in [1.54, 1.807) is 0 Å². The Morgan fingerprint density at radius 1 is 1.13 bits per heavy atom. The van der Waals surface area contributed by atoms with Crippen LogP contribution in [0.25, 0.3) is 0 Å². The van der Waals surface area contributed by atoms with Gasteiger partial charge in [0, 0.05) is 0 Å². The van der Waals surface area contributed by atoms with Gasteiger partial charge in [-0.25, -0.2) is 0 Å². The number of hydrogen-bond donors (Lipinski definition) is 1. The van der Waals surface area contributed by atoms with Crippen molar-refractivity contribution < 1.29 is 14.2 Å².